The molecule has 0 amide bonds. The maximum absolute atomic E-state index is 10.6. The molecule has 4 nitrogen and oxygen atoms in total. The third-order valence-electron chi connectivity index (χ3n) is 3.08. The van der Waals surface area contributed by atoms with E-state index in [4.69, 9.17) is 4.55 Å². The molecule has 98 valence electrons. The molecule has 0 aliphatic rings. The Morgan fingerprint density at radius 3 is 2.67 bits per heavy atom. The van der Waals surface area contributed by atoms with Gasteiger partial charge in [0.15, 0.2) is 0 Å². The van der Waals surface area contributed by atoms with Gasteiger partial charge in [0.2, 0.25) is 0 Å². The number of fused-ring (bicyclic) bond motifs is 1. The molecule has 1 aromatic carbocycles. The third-order valence-corrected chi connectivity index (χ3v) is 3.88. The van der Waals surface area contributed by atoms with E-state index in [9.17, 15) is 8.42 Å². The molecule has 0 atom stereocenters. The highest BCUT2D eigenvalue weighted by molar-refractivity contribution is 7.85. The van der Waals surface area contributed by atoms with E-state index in [0.717, 1.165) is 12.8 Å². The van der Waals surface area contributed by atoms with E-state index in [1.807, 2.05) is 19.2 Å². The van der Waals surface area contributed by atoms with Crippen molar-refractivity contribution in [1.29, 1.82) is 0 Å². The van der Waals surface area contributed by atoms with Crippen LogP contribution in [0.5, 0.6) is 0 Å². The Bertz CT molecular complexity index is 643. The number of para-hydroxylation sites is 1. The summed E-state index contributed by atoms with van der Waals surface area (Å²) in [6.45, 7) is 0. The highest BCUT2D eigenvalue weighted by Crippen LogP contribution is 2.21. The van der Waals surface area contributed by atoms with Gasteiger partial charge in [0.05, 0.1) is 5.75 Å². The first-order valence-corrected chi connectivity index (χ1v) is 7.56. The monoisotopic (exact) mass is 267 g/mol. The first-order valence-electron chi connectivity index (χ1n) is 5.95. The van der Waals surface area contributed by atoms with E-state index >= 15 is 0 Å². The van der Waals surface area contributed by atoms with E-state index < -0.39 is 10.1 Å². The van der Waals surface area contributed by atoms with Gasteiger partial charge < -0.3 is 4.57 Å². The predicted octanol–water partition coefficient (Wildman–Crippen LogP) is 2.39. The highest BCUT2D eigenvalue weighted by Gasteiger charge is 2.07. The lowest BCUT2D eigenvalue weighted by Crippen LogP contribution is -2.03. The van der Waals surface area contributed by atoms with Crippen LogP contribution >= 0.6 is 0 Å². The Morgan fingerprint density at radius 1 is 1.22 bits per heavy atom. The fourth-order valence-corrected chi connectivity index (χ4v) is 2.79. The normalized spacial score (nSPS) is 12.1. The maximum atomic E-state index is 10.6. The summed E-state index contributed by atoms with van der Waals surface area (Å²) in [5, 5.41) is 1.21. The minimum absolute atomic E-state index is 0.155. The average Bonchev–Trinajstić information content (AvgIpc) is 2.62. The summed E-state index contributed by atoms with van der Waals surface area (Å²) in [6.07, 6.45) is 4.16. The van der Waals surface area contributed by atoms with Gasteiger partial charge in [0.25, 0.3) is 10.1 Å². The van der Waals surface area contributed by atoms with Crippen LogP contribution in [0.3, 0.4) is 0 Å². The molecule has 1 aromatic heterocycles. The number of aromatic nitrogens is 1. The Kier molecular flexibility index (Phi) is 3.73. The molecular formula is C13H17NO3S. The molecule has 0 spiro atoms. The number of benzene rings is 1. The maximum Gasteiger partial charge on any atom is 0.264 e. The van der Waals surface area contributed by atoms with Crippen LogP contribution in [-0.2, 0) is 23.6 Å². The van der Waals surface area contributed by atoms with Gasteiger partial charge in [-0.3, -0.25) is 4.55 Å². The van der Waals surface area contributed by atoms with Crippen LogP contribution in [0, 0.1) is 0 Å². The van der Waals surface area contributed by atoms with Crippen molar-refractivity contribution in [2.75, 3.05) is 5.75 Å². The summed E-state index contributed by atoms with van der Waals surface area (Å²) in [6, 6.07) is 8.15. The van der Waals surface area contributed by atoms with Gasteiger partial charge in [-0.2, -0.15) is 8.42 Å². The molecule has 0 aliphatic carbocycles. The number of rotatable bonds is 5. The summed E-state index contributed by atoms with van der Waals surface area (Å²) in [4.78, 5) is 0. The van der Waals surface area contributed by atoms with Crippen LogP contribution in [0.4, 0.5) is 0 Å². The minimum Gasteiger partial charge on any atom is -0.350 e. The second-order valence-corrected chi connectivity index (χ2v) is 6.10. The van der Waals surface area contributed by atoms with Gasteiger partial charge in [0, 0.05) is 24.1 Å². The molecule has 0 unspecified atom stereocenters. The number of nitrogens with zero attached hydrogens (tertiary/aromatic N) is 1. The fourth-order valence-electron chi connectivity index (χ4n) is 2.22. The summed E-state index contributed by atoms with van der Waals surface area (Å²) < 4.78 is 32.0. The van der Waals surface area contributed by atoms with Crippen molar-refractivity contribution < 1.29 is 13.0 Å². The van der Waals surface area contributed by atoms with Gasteiger partial charge in [0.1, 0.15) is 0 Å². The molecular weight excluding hydrogens is 250 g/mol. The Hall–Kier alpha value is -1.33. The molecule has 1 heterocycles. The minimum atomic E-state index is -3.82. The van der Waals surface area contributed by atoms with Crippen LogP contribution in [0.1, 0.15) is 18.4 Å². The van der Waals surface area contributed by atoms with Crippen molar-refractivity contribution in [1.82, 2.24) is 4.57 Å². The van der Waals surface area contributed by atoms with E-state index in [1.165, 1.54) is 16.5 Å². The van der Waals surface area contributed by atoms with Gasteiger partial charge in [-0.05, 0) is 30.9 Å². The van der Waals surface area contributed by atoms with Gasteiger partial charge >= 0.3 is 0 Å². The topological polar surface area (TPSA) is 59.3 Å². The summed E-state index contributed by atoms with van der Waals surface area (Å²) >= 11 is 0. The second-order valence-electron chi connectivity index (χ2n) is 4.53. The van der Waals surface area contributed by atoms with Crippen molar-refractivity contribution in [3.8, 4) is 0 Å². The second kappa shape index (κ2) is 5.12. The van der Waals surface area contributed by atoms with Crippen LogP contribution in [0.25, 0.3) is 10.9 Å². The van der Waals surface area contributed by atoms with Crippen molar-refractivity contribution in [2.45, 2.75) is 19.3 Å². The average molecular weight is 267 g/mol. The molecule has 0 fully saturated rings. The summed E-state index contributed by atoms with van der Waals surface area (Å²) in [5.74, 6) is -0.155. The molecule has 0 bridgehead atoms. The Balaban J connectivity index is 2.04. The van der Waals surface area contributed by atoms with E-state index in [1.54, 1.807) is 0 Å². The largest absolute Gasteiger partial charge is 0.350 e. The standard InChI is InChI=1S/C13H17NO3S/c1-14-10-11(6-4-5-9-18(15,16)17)12-7-2-3-8-13(12)14/h2-3,7-8,10H,4-6,9H2,1H3,(H,15,16,17). The quantitative estimate of drug-likeness (QED) is 0.668. The van der Waals surface area contributed by atoms with Gasteiger partial charge in [-0.1, -0.05) is 18.2 Å². The molecule has 1 N–H and O–H groups in total. The molecule has 0 saturated heterocycles. The van der Waals surface area contributed by atoms with Crippen LogP contribution < -0.4 is 0 Å². The number of hydrogen-bond donors (Lipinski definition) is 1. The number of unbranched alkanes of at least 4 members (excludes halogenated alkanes) is 1. The number of hydrogen-bond acceptors (Lipinski definition) is 2. The zero-order valence-corrected chi connectivity index (χ0v) is 11.2. The SMILES string of the molecule is Cn1cc(CCCCS(=O)(=O)O)c2ccccc21. The zero-order valence-electron chi connectivity index (χ0n) is 10.3. The molecule has 2 aromatic rings. The Labute approximate surface area is 107 Å². The van der Waals surface area contributed by atoms with Crippen LogP contribution in [0.2, 0.25) is 0 Å². The van der Waals surface area contributed by atoms with Gasteiger partial charge in [-0.25, -0.2) is 0 Å². The van der Waals surface area contributed by atoms with E-state index in [0.29, 0.717) is 6.42 Å². The van der Waals surface area contributed by atoms with E-state index in [-0.39, 0.29) is 5.75 Å². The predicted molar refractivity (Wildman–Crippen MR) is 72.3 cm³/mol. The summed E-state index contributed by atoms with van der Waals surface area (Å²) in [5.41, 5.74) is 2.41. The third kappa shape index (κ3) is 3.11. The first-order chi connectivity index (χ1) is 8.47. The summed E-state index contributed by atoms with van der Waals surface area (Å²) in [7, 11) is -1.82. The lowest BCUT2D eigenvalue weighted by molar-refractivity contribution is 0.480. The molecule has 0 aliphatic heterocycles. The van der Waals surface area contributed by atoms with E-state index in [2.05, 4.69) is 22.9 Å². The lowest BCUT2D eigenvalue weighted by Gasteiger charge is -1.99. The van der Waals surface area contributed by atoms with Crippen molar-refractivity contribution in [3.05, 3.63) is 36.0 Å². The van der Waals surface area contributed by atoms with Crippen LogP contribution in [0.15, 0.2) is 30.5 Å². The lowest BCUT2D eigenvalue weighted by atomic mass is 10.1. The molecule has 0 radical (unpaired) electrons. The molecule has 5 heteroatoms. The van der Waals surface area contributed by atoms with Crippen molar-refractivity contribution in [3.63, 3.8) is 0 Å². The molecule has 18 heavy (non-hydrogen) atoms. The van der Waals surface area contributed by atoms with Crippen molar-refractivity contribution in [2.24, 2.45) is 7.05 Å². The Morgan fingerprint density at radius 2 is 1.94 bits per heavy atom. The molecule has 0 saturated carbocycles. The molecule has 2 rings (SSSR count). The van der Waals surface area contributed by atoms with Crippen LogP contribution in [-0.4, -0.2) is 23.3 Å². The number of aryl methyl sites for hydroxylation is 2. The first kappa shape index (κ1) is 13.1. The highest BCUT2D eigenvalue weighted by atomic mass is 32.2. The fraction of sp³-hybridized carbons (Fsp3) is 0.385. The van der Waals surface area contributed by atoms with Gasteiger partial charge in [-0.15, -0.1) is 0 Å². The van der Waals surface area contributed by atoms with Crippen molar-refractivity contribution >= 4 is 21.0 Å². The zero-order chi connectivity index (χ0) is 13.2. The smallest absolute Gasteiger partial charge is 0.264 e.